The first-order valence-electron chi connectivity index (χ1n) is 11.9. The van der Waals surface area contributed by atoms with Gasteiger partial charge in [0.1, 0.15) is 0 Å². The van der Waals surface area contributed by atoms with Crippen LogP contribution in [0.2, 0.25) is 0 Å². The molecule has 0 bridgehead atoms. The van der Waals surface area contributed by atoms with Crippen LogP contribution < -0.4 is 21.1 Å². The summed E-state index contributed by atoms with van der Waals surface area (Å²) in [4.78, 5) is 41.4. The number of rotatable bonds is 7. The zero-order chi connectivity index (χ0) is 25.7. The number of hydrogen-bond acceptors (Lipinski definition) is 5. The average molecular weight is 480 g/mol. The van der Waals surface area contributed by atoms with Crippen molar-refractivity contribution in [3.8, 4) is 6.07 Å². The van der Waals surface area contributed by atoms with Crippen LogP contribution in [0.5, 0.6) is 0 Å². The van der Waals surface area contributed by atoms with Crippen molar-refractivity contribution in [1.82, 2.24) is 15.6 Å². The molecule has 1 aliphatic rings. The first-order chi connectivity index (χ1) is 16.6. The van der Waals surface area contributed by atoms with Crippen LogP contribution in [-0.4, -0.2) is 40.7 Å². The third-order valence-electron chi connectivity index (χ3n) is 6.79. The molecule has 9 nitrogen and oxygen atoms in total. The van der Waals surface area contributed by atoms with Gasteiger partial charge in [0.15, 0.2) is 0 Å². The second-order valence-electron chi connectivity index (χ2n) is 9.15. The van der Waals surface area contributed by atoms with E-state index in [2.05, 4.69) is 26.6 Å². The summed E-state index contributed by atoms with van der Waals surface area (Å²) >= 11 is 0. The molecule has 1 aliphatic carbocycles. The van der Waals surface area contributed by atoms with Crippen LogP contribution in [0.25, 0.3) is 0 Å². The van der Waals surface area contributed by atoms with Crippen molar-refractivity contribution < 1.29 is 14.7 Å². The largest absolute Gasteiger partial charge is 0.465 e. The van der Waals surface area contributed by atoms with E-state index in [1.54, 1.807) is 6.07 Å². The maximum atomic E-state index is 13.2. The van der Waals surface area contributed by atoms with Crippen LogP contribution in [0.4, 0.5) is 10.5 Å². The van der Waals surface area contributed by atoms with E-state index in [-0.39, 0.29) is 30.1 Å². The summed E-state index contributed by atoms with van der Waals surface area (Å²) in [6.45, 7) is 8.33. The van der Waals surface area contributed by atoms with Crippen LogP contribution in [0.1, 0.15) is 70.9 Å². The molecule has 0 unspecified atom stereocenters. The smallest absolute Gasteiger partial charge is 0.404 e. The number of carbonyl (C=O) groups is 2. The molecule has 0 radical (unpaired) electrons. The van der Waals surface area contributed by atoms with E-state index in [9.17, 15) is 19.6 Å². The van der Waals surface area contributed by atoms with Gasteiger partial charge >= 0.3 is 6.09 Å². The van der Waals surface area contributed by atoms with E-state index in [1.807, 2.05) is 39.8 Å². The summed E-state index contributed by atoms with van der Waals surface area (Å²) in [5.74, 6) is -0.342. The lowest BCUT2D eigenvalue weighted by molar-refractivity contribution is 0.0950. The van der Waals surface area contributed by atoms with Crippen molar-refractivity contribution in [1.29, 1.82) is 5.26 Å². The van der Waals surface area contributed by atoms with E-state index in [4.69, 9.17) is 5.11 Å². The zero-order valence-electron chi connectivity index (χ0n) is 20.7. The molecule has 1 heterocycles. The number of nitriles is 1. The Morgan fingerprint density at radius 3 is 2.43 bits per heavy atom. The van der Waals surface area contributed by atoms with Gasteiger partial charge < -0.3 is 25.6 Å². The molecule has 186 valence electrons. The molecule has 2 aromatic rings. The molecule has 1 fully saturated rings. The van der Waals surface area contributed by atoms with Gasteiger partial charge in [-0.3, -0.25) is 9.59 Å². The molecule has 0 aliphatic heterocycles. The van der Waals surface area contributed by atoms with E-state index in [0.29, 0.717) is 23.2 Å². The number of aryl methyl sites for hydroxylation is 2. The van der Waals surface area contributed by atoms with Gasteiger partial charge in [0, 0.05) is 47.7 Å². The number of nitrogens with one attached hydrogen (secondary N) is 3. The van der Waals surface area contributed by atoms with E-state index >= 15 is 0 Å². The first-order valence-corrected chi connectivity index (χ1v) is 11.9. The van der Waals surface area contributed by atoms with Crippen molar-refractivity contribution in [2.45, 2.75) is 72.0 Å². The molecule has 1 aromatic carbocycles. The Morgan fingerprint density at radius 2 is 1.86 bits per heavy atom. The lowest BCUT2D eigenvalue weighted by Gasteiger charge is -2.38. The van der Waals surface area contributed by atoms with Gasteiger partial charge in [0.25, 0.3) is 11.5 Å². The summed E-state index contributed by atoms with van der Waals surface area (Å²) in [5, 5.41) is 24.0. The number of nitrogens with zero attached hydrogens (tertiary/aromatic N) is 2. The quantitative estimate of drug-likeness (QED) is 0.479. The maximum absolute atomic E-state index is 13.2. The first kappa shape index (κ1) is 25.8. The van der Waals surface area contributed by atoms with Crippen LogP contribution in [0.3, 0.4) is 0 Å². The molecular weight excluding hydrogens is 446 g/mol. The van der Waals surface area contributed by atoms with Gasteiger partial charge in [-0.25, -0.2) is 4.79 Å². The highest BCUT2D eigenvalue weighted by Crippen LogP contribution is 2.32. The maximum Gasteiger partial charge on any atom is 0.404 e. The number of pyridine rings is 1. The number of aromatic nitrogens is 1. The molecule has 1 aromatic heterocycles. The lowest BCUT2D eigenvalue weighted by Crippen LogP contribution is -2.44. The summed E-state index contributed by atoms with van der Waals surface area (Å²) in [6, 6.07) is 7.55. The molecule has 1 saturated carbocycles. The summed E-state index contributed by atoms with van der Waals surface area (Å²) in [5.41, 5.74) is 4.23. The standard InChI is InChI=1S/C26H33N5O4/c1-5-31(20-8-6-19(7-9-20)30-26(34)35)23-12-18(13-27)11-21(17(23)4)24(32)28-14-22-15(2)10-16(3)29-25(22)33/h10-12,19-20,30H,5-9,14H2,1-4H3,(H,28,32)(H,29,33)(H,34,35)/t19-,20-. The van der Waals surface area contributed by atoms with Gasteiger partial charge in [-0.2, -0.15) is 5.26 Å². The number of carboxylic acid groups (broad SMARTS) is 1. The number of hydrogen-bond donors (Lipinski definition) is 4. The minimum Gasteiger partial charge on any atom is -0.465 e. The Bertz CT molecular complexity index is 1210. The summed E-state index contributed by atoms with van der Waals surface area (Å²) in [6.07, 6.45) is 2.10. The fraction of sp³-hybridized carbons (Fsp3) is 0.462. The monoisotopic (exact) mass is 479 g/mol. The van der Waals surface area contributed by atoms with Gasteiger partial charge in [0.2, 0.25) is 0 Å². The molecule has 4 N–H and O–H groups in total. The van der Waals surface area contributed by atoms with E-state index < -0.39 is 6.09 Å². The molecule has 0 atom stereocenters. The third kappa shape index (κ3) is 6.01. The number of H-pyrrole nitrogens is 1. The number of aromatic amines is 1. The molecule has 9 heteroatoms. The van der Waals surface area contributed by atoms with Crippen LogP contribution in [0, 0.1) is 32.1 Å². The number of anilines is 1. The molecule has 35 heavy (non-hydrogen) atoms. The molecule has 2 amide bonds. The Morgan fingerprint density at radius 1 is 1.17 bits per heavy atom. The predicted octanol–water partition coefficient (Wildman–Crippen LogP) is 3.51. The fourth-order valence-corrected chi connectivity index (χ4v) is 4.99. The van der Waals surface area contributed by atoms with Crippen LogP contribution in [-0.2, 0) is 6.54 Å². The highest BCUT2D eigenvalue weighted by Gasteiger charge is 2.28. The minimum absolute atomic E-state index is 0.0521. The van der Waals surface area contributed by atoms with Gasteiger partial charge in [-0.15, -0.1) is 0 Å². The number of carbonyl (C=O) groups excluding carboxylic acids is 1. The number of amides is 2. The third-order valence-corrected chi connectivity index (χ3v) is 6.79. The lowest BCUT2D eigenvalue weighted by atomic mass is 9.89. The van der Waals surface area contributed by atoms with Crippen molar-refractivity contribution in [2.24, 2.45) is 0 Å². The Kier molecular flexibility index (Phi) is 8.18. The molecule has 0 spiro atoms. The summed E-state index contributed by atoms with van der Waals surface area (Å²) in [7, 11) is 0. The van der Waals surface area contributed by atoms with Crippen molar-refractivity contribution in [3.05, 3.63) is 62.1 Å². The molecule has 0 saturated heterocycles. The predicted molar refractivity (Wildman–Crippen MR) is 134 cm³/mol. The minimum atomic E-state index is -1.00. The van der Waals surface area contributed by atoms with Crippen molar-refractivity contribution in [3.63, 3.8) is 0 Å². The van der Waals surface area contributed by atoms with Gasteiger partial charge in [-0.1, -0.05) is 0 Å². The van der Waals surface area contributed by atoms with E-state index in [0.717, 1.165) is 48.2 Å². The second kappa shape index (κ2) is 11.1. The second-order valence-corrected chi connectivity index (χ2v) is 9.15. The molecule has 3 rings (SSSR count). The van der Waals surface area contributed by atoms with Crippen LogP contribution in [0.15, 0.2) is 23.0 Å². The molecular formula is C26H33N5O4. The Hall–Kier alpha value is -3.80. The topological polar surface area (TPSA) is 138 Å². The highest BCUT2D eigenvalue weighted by atomic mass is 16.4. The normalized spacial score (nSPS) is 17.3. The fourth-order valence-electron chi connectivity index (χ4n) is 4.99. The Labute approximate surface area is 205 Å². The van der Waals surface area contributed by atoms with Crippen molar-refractivity contribution >= 4 is 17.7 Å². The van der Waals surface area contributed by atoms with Gasteiger partial charge in [0.05, 0.1) is 11.6 Å². The summed E-state index contributed by atoms with van der Waals surface area (Å²) < 4.78 is 0. The van der Waals surface area contributed by atoms with E-state index in [1.165, 1.54) is 0 Å². The Balaban J connectivity index is 1.84. The van der Waals surface area contributed by atoms with Crippen molar-refractivity contribution in [2.75, 3.05) is 11.4 Å². The average Bonchev–Trinajstić information content (AvgIpc) is 2.80. The van der Waals surface area contributed by atoms with Gasteiger partial charge in [-0.05, 0) is 82.7 Å². The highest BCUT2D eigenvalue weighted by molar-refractivity contribution is 5.97. The number of benzene rings is 1. The zero-order valence-corrected chi connectivity index (χ0v) is 20.7. The van der Waals surface area contributed by atoms with Crippen LogP contribution >= 0.6 is 0 Å². The SMILES string of the molecule is CCN(c1cc(C#N)cc(C(=O)NCc2c(C)cc(C)[nH]c2=O)c1C)[C@H]1CC[C@H](NC(=O)O)CC1.